The molecule has 0 aromatic rings. The summed E-state index contributed by atoms with van der Waals surface area (Å²) in [6, 6.07) is 0. The number of hydrogen-bond donors (Lipinski definition) is 0. The Balaban J connectivity index is 3.59. The van der Waals surface area contributed by atoms with Crippen LogP contribution in [0.1, 0.15) is 20.8 Å². The summed E-state index contributed by atoms with van der Waals surface area (Å²) in [6.45, 7) is 7.04. The maximum atomic E-state index is 5.65. The summed E-state index contributed by atoms with van der Waals surface area (Å²) < 4.78 is 1.98. The van der Waals surface area contributed by atoms with Crippen molar-refractivity contribution in [2.45, 2.75) is 33.6 Å². The molecule has 0 fully saturated rings. The molecule has 0 spiro atoms. The van der Waals surface area contributed by atoms with E-state index in [0.29, 0.717) is 3.43 Å². The number of alkyl halides is 1. The minimum absolute atomic E-state index is 0.635. The van der Waals surface area contributed by atoms with Crippen molar-refractivity contribution in [2.24, 2.45) is 0 Å². The van der Waals surface area contributed by atoms with Crippen LogP contribution in [0.25, 0.3) is 0 Å². The molecule has 2 heteroatoms. The Morgan fingerprint density at radius 2 is 1.78 bits per heavy atom. The Morgan fingerprint density at radius 3 is 1.89 bits per heavy atom. The molecule has 56 valence electrons. The van der Waals surface area contributed by atoms with Crippen molar-refractivity contribution in [3.8, 4) is 0 Å². The first-order valence-electron chi connectivity index (χ1n) is 3.54. The average Bonchev–Trinajstić information content (AvgIpc) is 1.64. The van der Waals surface area contributed by atoms with Gasteiger partial charge >= 0.3 is 70.8 Å². The summed E-state index contributed by atoms with van der Waals surface area (Å²) in [5, 5.41) is 0. The van der Waals surface area contributed by atoms with Crippen LogP contribution >= 0.6 is 11.6 Å². The second-order valence-corrected chi connectivity index (χ2v) is 15.9. The number of halogens is 1. The fraction of sp³-hybridized carbons (Fsp3) is 1.00. The Kier molecular flexibility index (Phi) is 4.56. The predicted molar refractivity (Wildman–Crippen MR) is 48.3 cm³/mol. The third-order valence-corrected chi connectivity index (χ3v) is 15.0. The summed E-state index contributed by atoms with van der Waals surface area (Å²) in [7, 11) is 0. The van der Waals surface area contributed by atoms with Crippen molar-refractivity contribution < 1.29 is 0 Å². The molecular formula is C7H17ClSn. The van der Waals surface area contributed by atoms with Crippen LogP contribution in [0.15, 0.2) is 0 Å². The Hall–Kier alpha value is 1.09. The first-order chi connectivity index (χ1) is 3.98. The monoisotopic (exact) mass is 256 g/mol. The van der Waals surface area contributed by atoms with E-state index in [0.717, 1.165) is 5.88 Å². The standard InChI is InChI=1S/C4H9.C2H4Cl.CH3.Sn.H/c1-4(2)3;1-2-3;;;/h1-3H3;1-2H2;1H3;;. The van der Waals surface area contributed by atoms with Crippen LogP contribution in [0, 0.1) is 0 Å². The van der Waals surface area contributed by atoms with Gasteiger partial charge < -0.3 is 0 Å². The Morgan fingerprint density at radius 1 is 1.33 bits per heavy atom. The average molecular weight is 255 g/mol. The predicted octanol–water partition coefficient (Wildman–Crippen LogP) is 2.88. The van der Waals surface area contributed by atoms with E-state index in [9.17, 15) is 0 Å². The van der Waals surface area contributed by atoms with Gasteiger partial charge in [-0.1, -0.05) is 0 Å². The summed E-state index contributed by atoms with van der Waals surface area (Å²) >= 11 is 4.49. The summed E-state index contributed by atoms with van der Waals surface area (Å²) in [5.41, 5.74) is 0. The van der Waals surface area contributed by atoms with Gasteiger partial charge in [0.05, 0.1) is 0 Å². The van der Waals surface area contributed by atoms with Crippen molar-refractivity contribution >= 4 is 31.4 Å². The molecule has 0 saturated carbocycles. The number of hydrogen-bond acceptors (Lipinski definition) is 0. The normalized spacial score (nSPS) is 15.7. The second-order valence-electron chi connectivity index (χ2n) is 3.74. The molecule has 0 bridgehead atoms. The van der Waals surface area contributed by atoms with E-state index in [-0.39, 0.29) is 0 Å². The van der Waals surface area contributed by atoms with E-state index in [1.165, 1.54) is 4.44 Å². The fourth-order valence-corrected chi connectivity index (χ4v) is 6.20. The van der Waals surface area contributed by atoms with Gasteiger partial charge in [0.2, 0.25) is 0 Å². The minimum atomic E-state index is -1.16. The van der Waals surface area contributed by atoms with Gasteiger partial charge in [-0.3, -0.25) is 0 Å². The van der Waals surface area contributed by atoms with Crippen molar-refractivity contribution in [2.75, 3.05) is 5.88 Å². The molecule has 0 aromatic heterocycles. The van der Waals surface area contributed by atoms with E-state index in [1.54, 1.807) is 0 Å². The van der Waals surface area contributed by atoms with Gasteiger partial charge in [-0.15, -0.1) is 0 Å². The van der Waals surface area contributed by atoms with Crippen LogP contribution in [-0.2, 0) is 0 Å². The van der Waals surface area contributed by atoms with E-state index in [2.05, 4.69) is 25.7 Å². The van der Waals surface area contributed by atoms with E-state index >= 15 is 0 Å². The molecule has 0 radical (unpaired) electrons. The molecule has 0 aromatic carbocycles. The molecule has 0 saturated heterocycles. The molecule has 0 heterocycles. The first-order valence-corrected chi connectivity index (χ1v) is 11.3. The molecule has 0 aliphatic carbocycles. The van der Waals surface area contributed by atoms with Gasteiger partial charge in [0.25, 0.3) is 0 Å². The molecule has 0 aliphatic heterocycles. The van der Waals surface area contributed by atoms with Gasteiger partial charge in [0.15, 0.2) is 0 Å². The van der Waals surface area contributed by atoms with Crippen LogP contribution in [0.2, 0.25) is 12.8 Å². The van der Waals surface area contributed by atoms with Gasteiger partial charge in [0.1, 0.15) is 0 Å². The quantitative estimate of drug-likeness (QED) is 0.526. The molecule has 1 atom stereocenters. The van der Waals surface area contributed by atoms with Crippen molar-refractivity contribution in [3.63, 3.8) is 0 Å². The van der Waals surface area contributed by atoms with Crippen LogP contribution in [0.3, 0.4) is 0 Å². The molecule has 0 nitrogen and oxygen atoms in total. The molecular weight excluding hydrogens is 238 g/mol. The molecule has 0 aliphatic rings. The summed E-state index contributed by atoms with van der Waals surface area (Å²) in [4.78, 5) is 2.46. The van der Waals surface area contributed by atoms with Crippen LogP contribution in [0.4, 0.5) is 0 Å². The molecule has 0 N–H and O–H groups in total. The molecule has 0 rings (SSSR count). The topological polar surface area (TPSA) is 0 Å². The zero-order chi connectivity index (χ0) is 7.49. The van der Waals surface area contributed by atoms with Gasteiger partial charge in [0, 0.05) is 0 Å². The van der Waals surface area contributed by atoms with E-state index in [1.807, 2.05) is 0 Å². The Bertz CT molecular complexity index is 75.5. The Labute approximate surface area is 70.7 Å². The second kappa shape index (κ2) is 4.07. The first kappa shape index (κ1) is 10.1. The maximum absolute atomic E-state index is 5.65. The SMILES string of the molecule is [CH3][SnH]([CH2]CCl)[C](C)(C)C. The van der Waals surface area contributed by atoms with Crippen molar-refractivity contribution in [1.29, 1.82) is 0 Å². The summed E-state index contributed by atoms with van der Waals surface area (Å²) in [5.74, 6) is 0.883. The molecule has 0 amide bonds. The van der Waals surface area contributed by atoms with Crippen molar-refractivity contribution in [1.82, 2.24) is 0 Å². The van der Waals surface area contributed by atoms with Crippen molar-refractivity contribution in [3.05, 3.63) is 0 Å². The van der Waals surface area contributed by atoms with Crippen LogP contribution in [-0.4, -0.2) is 25.6 Å². The van der Waals surface area contributed by atoms with Gasteiger partial charge in [-0.25, -0.2) is 0 Å². The van der Waals surface area contributed by atoms with Gasteiger partial charge in [-0.2, -0.15) is 0 Å². The number of rotatable bonds is 2. The van der Waals surface area contributed by atoms with E-state index in [4.69, 9.17) is 11.6 Å². The zero-order valence-corrected chi connectivity index (χ0v) is 10.9. The third kappa shape index (κ3) is 4.49. The van der Waals surface area contributed by atoms with E-state index < -0.39 is 19.8 Å². The van der Waals surface area contributed by atoms with Crippen LogP contribution in [0.5, 0.6) is 0 Å². The van der Waals surface area contributed by atoms with Crippen LogP contribution < -0.4 is 0 Å². The summed E-state index contributed by atoms with van der Waals surface area (Å²) in [6.07, 6.45) is 0. The zero-order valence-electron chi connectivity index (χ0n) is 6.87. The third-order valence-electron chi connectivity index (χ3n) is 2.02. The van der Waals surface area contributed by atoms with Gasteiger partial charge in [-0.05, 0) is 0 Å². The molecule has 1 unspecified atom stereocenters. The fourth-order valence-electron chi connectivity index (χ4n) is 0.597. The molecule has 9 heavy (non-hydrogen) atoms.